The summed E-state index contributed by atoms with van der Waals surface area (Å²) in [6.45, 7) is 4.66. The average Bonchev–Trinajstić information content (AvgIpc) is 3.02. The van der Waals surface area contributed by atoms with Gasteiger partial charge in [-0.2, -0.15) is 0 Å². The van der Waals surface area contributed by atoms with Gasteiger partial charge in [-0.25, -0.2) is 0 Å². The minimum atomic E-state index is -0.563. The van der Waals surface area contributed by atoms with Crippen LogP contribution in [0.25, 0.3) is 0 Å². The van der Waals surface area contributed by atoms with Crippen LogP contribution >= 0.6 is 0 Å². The largest absolute Gasteiger partial charge is 0.339 e. The molecule has 1 aliphatic carbocycles. The first-order valence-corrected chi connectivity index (χ1v) is 8.52. The fraction of sp³-hybridized carbons (Fsp3) is 0.611. The van der Waals surface area contributed by atoms with Gasteiger partial charge in [0.15, 0.2) is 0 Å². The van der Waals surface area contributed by atoms with Gasteiger partial charge in [0.2, 0.25) is 5.91 Å². The Morgan fingerprint density at radius 2 is 1.68 bits per heavy atom. The number of piperazine rings is 1. The number of rotatable bonds is 4. The smallest absolute Gasteiger partial charge is 0.242 e. The second-order valence-corrected chi connectivity index (χ2v) is 6.73. The fourth-order valence-corrected chi connectivity index (χ4v) is 3.64. The number of nitrogens with two attached hydrogens (primary N) is 1. The van der Waals surface area contributed by atoms with Crippen molar-refractivity contribution in [2.24, 2.45) is 5.73 Å². The predicted molar refractivity (Wildman–Crippen MR) is 88.6 cm³/mol. The van der Waals surface area contributed by atoms with E-state index in [2.05, 4.69) is 35.2 Å². The van der Waals surface area contributed by atoms with Crippen molar-refractivity contribution in [3.8, 4) is 0 Å². The summed E-state index contributed by atoms with van der Waals surface area (Å²) in [5.74, 6) is 0.188. The SMILES string of the molecule is NC1(C(=O)N2CCN(CCc3ccccc3)CC2)CCCC1. The highest BCUT2D eigenvalue weighted by atomic mass is 16.2. The zero-order valence-corrected chi connectivity index (χ0v) is 13.3. The quantitative estimate of drug-likeness (QED) is 0.920. The summed E-state index contributed by atoms with van der Waals surface area (Å²) >= 11 is 0. The van der Waals surface area contributed by atoms with E-state index in [1.54, 1.807) is 0 Å². The zero-order valence-electron chi connectivity index (χ0n) is 13.3. The Balaban J connectivity index is 1.45. The maximum Gasteiger partial charge on any atom is 0.242 e. The second kappa shape index (κ2) is 6.80. The average molecular weight is 301 g/mol. The number of benzene rings is 1. The normalized spacial score (nSPS) is 22.0. The summed E-state index contributed by atoms with van der Waals surface area (Å²) in [5, 5.41) is 0. The zero-order chi connectivity index (χ0) is 15.4. The highest BCUT2D eigenvalue weighted by Gasteiger charge is 2.40. The molecule has 4 nitrogen and oxygen atoms in total. The number of amides is 1. The molecule has 1 saturated heterocycles. The van der Waals surface area contributed by atoms with E-state index in [-0.39, 0.29) is 5.91 Å². The minimum Gasteiger partial charge on any atom is -0.339 e. The van der Waals surface area contributed by atoms with Gasteiger partial charge < -0.3 is 10.6 Å². The maximum absolute atomic E-state index is 12.6. The molecule has 1 aliphatic heterocycles. The minimum absolute atomic E-state index is 0.188. The standard InChI is InChI=1S/C18H27N3O/c19-18(9-4-5-10-18)17(22)21-14-12-20(13-15-21)11-8-16-6-2-1-3-7-16/h1-3,6-7H,4-5,8-15,19H2. The third-order valence-electron chi connectivity index (χ3n) is 5.14. The summed E-state index contributed by atoms with van der Waals surface area (Å²) < 4.78 is 0. The van der Waals surface area contributed by atoms with Gasteiger partial charge in [0.1, 0.15) is 0 Å². The van der Waals surface area contributed by atoms with Gasteiger partial charge in [-0.05, 0) is 24.8 Å². The third-order valence-corrected chi connectivity index (χ3v) is 5.14. The summed E-state index contributed by atoms with van der Waals surface area (Å²) in [7, 11) is 0. The first-order chi connectivity index (χ1) is 10.7. The molecule has 0 atom stereocenters. The lowest BCUT2D eigenvalue weighted by Crippen LogP contribution is -2.58. The summed E-state index contributed by atoms with van der Waals surface area (Å²) in [5.41, 5.74) is 7.12. The molecule has 22 heavy (non-hydrogen) atoms. The highest BCUT2D eigenvalue weighted by molar-refractivity contribution is 5.86. The van der Waals surface area contributed by atoms with Crippen LogP contribution in [0, 0.1) is 0 Å². The Morgan fingerprint density at radius 3 is 2.32 bits per heavy atom. The molecule has 1 saturated carbocycles. The Morgan fingerprint density at radius 1 is 1.05 bits per heavy atom. The Bertz CT molecular complexity index is 488. The number of carbonyl (C=O) groups is 1. The lowest BCUT2D eigenvalue weighted by Gasteiger charge is -2.38. The van der Waals surface area contributed by atoms with Gasteiger partial charge in [-0.3, -0.25) is 9.69 Å². The van der Waals surface area contributed by atoms with Crippen LogP contribution in [0.4, 0.5) is 0 Å². The molecule has 0 unspecified atom stereocenters. The van der Waals surface area contributed by atoms with E-state index in [1.807, 2.05) is 4.90 Å². The van der Waals surface area contributed by atoms with Crippen molar-refractivity contribution in [2.45, 2.75) is 37.6 Å². The fourth-order valence-electron chi connectivity index (χ4n) is 3.64. The van der Waals surface area contributed by atoms with E-state index in [9.17, 15) is 4.79 Å². The predicted octanol–water partition coefficient (Wildman–Crippen LogP) is 1.64. The highest BCUT2D eigenvalue weighted by Crippen LogP contribution is 2.29. The van der Waals surface area contributed by atoms with Crippen LogP contribution in [0.1, 0.15) is 31.2 Å². The van der Waals surface area contributed by atoms with Crippen LogP contribution in [0.5, 0.6) is 0 Å². The van der Waals surface area contributed by atoms with Gasteiger partial charge in [0.05, 0.1) is 5.54 Å². The van der Waals surface area contributed by atoms with Gasteiger partial charge in [0.25, 0.3) is 0 Å². The van der Waals surface area contributed by atoms with Crippen molar-refractivity contribution in [1.82, 2.24) is 9.80 Å². The second-order valence-electron chi connectivity index (χ2n) is 6.73. The summed E-state index contributed by atoms with van der Waals surface area (Å²) in [4.78, 5) is 17.0. The van der Waals surface area contributed by atoms with E-state index in [1.165, 1.54) is 5.56 Å². The lowest BCUT2D eigenvalue weighted by atomic mass is 9.97. The van der Waals surface area contributed by atoms with Crippen LogP contribution in [0.3, 0.4) is 0 Å². The molecule has 3 rings (SSSR count). The van der Waals surface area contributed by atoms with Crippen molar-refractivity contribution in [3.63, 3.8) is 0 Å². The molecule has 0 spiro atoms. The number of nitrogens with zero attached hydrogens (tertiary/aromatic N) is 2. The van der Waals surface area contributed by atoms with Crippen molar-refractivity contribution in [1.29, 1.82) is 0 Å². The van der Waals surface area contributed by atoms with Gasteiger partial charge in [0, 0.05) is 32.7 Å². The Labute approximate surface area is 133 Å². The first-order valence-electron chi connectivity index (χ1n) is 8.52. The summed E-state index contributed by atoms with van der Waals surface area (Å²) in [6, 6.07) is 10.6. The van der Waals surface area contributed by atoms with Crippen LogP contribution in [-0.4, -0.2) is 54.0 Å². The van der Waals surface area contributed by atoms with Crippen molar-refractivity contribution in [3.05, 3.63) is 35.9 Å². The summed E-state index contributed by atoms with van der Waals surface area (Å²) in [6.07, 6.45) is 4.99. The molecule has 1 amide bonds. The molecule has 0 radical (unpaired) electrons. The third kappa shape index (κ3) is 3.50. The van der Waals surface area contributed by atoms with Crippen molar-refractivity contribution < 1.29 is 4.79 Å². The maximum atomic E-state index is 12.6. The number of carbonyl (C=O) groups excluding carboxylic acids is 1. The van der Waals surface area contributed by atoms with Crippen molar-refractivity contribution in [2.75, 3.05) is 32.7 Å². The molecule has 1 aromatic rings. The first kappa shape index (κ1) is 15.5. The molecule has 120 valence electrons. The molecule has 0 bridgehead atoms. The molecule has 0 aromatic heterocycles. The molecule has 4 heteroatoms. The molecule has 1 heterocycles. The van der Waals surface area contributed by atoms with Crippen molar-refractivity contribution >= 4 is 5.91 Å². The van der Waals surface area contributed by atoms with E-state index in [0.717, 1.165) is 64.8 Å². The van der Waals surface area contributed by atoms with Crippen LogP contribution in [0.15, 0.2) is 30.3 Å². The molecular formula is C18H27N3O. The molecule has 2 N–H and O–H groups in total. The van der Waals surface area contributed by atoms with Crippen LogP contribution in [-0.2, 0) is 11.2 Å². The Kier molecular flexibility index (Phi) is 4.79. The van der Waals surface area contributed by atoms with E-state index in [4.69, 9.17) is 5.73 Å². The van der Waals surface area contributed by atoms with Gasteiger partial charge >= 0.3 is 0 Å². The molecule has 1 aromatic carbocycles. The van der Waals surface area contributed by atoms with E-state index in [0.29, 0.717) is 0 Å². The van der Waals surface area contributed by atoms with Gasteiger partial charge in [-0.1, -0.05) is 43.2 Å². The van der Waals surface area contributed by atoms with E-state index < -0.39 is 5.54 Å². The monoisotopic (exact) mass is 301 g/mol. The Hall–Kier alpha value is -1.39. The van der Waals surface area contributed by atoms with Gasteiger partial charge in [-0.15, -0.1) is 0 Å². The van der Waals surface area contributed by atoms with Crippen LogP contribution in [0.2, 0.25) is 0 Å². The van der Waals surface area contributed by atoms with E-state index >= 15 is 0 Å². The molecule has 2 fully saturated rings. The van der Waals surface area contributed by atoms with Crippen LogP contribution < -0.4 is 5.73 Å². The number of hydrogen-bond acceptors (Lipinski definition) is 3. The lowest BCUT2D eigenvalue weighted by molar-refractivity contribution is -0.138. The number of hydrogen-bond donors (Lipinski definition) is 1. The topological polar surface area (TPSA) is 49.6 Å². The molecular weight excluding hydrogens is 274 g/mol. The molecule has 2 aliphatic rings.